The van der Waals surface area contributed by atoms with Crippen molar-refractivity contribution in [3.8, 4) is 0 Å². The van der Waals surface area contributed by atoms with Crippen LogP contribution in [-0.4, -0.2) is 6.29 Å². The second kappa shape index (κ2) is 5.52. The fourth-order valence-corrected chi connectivity index (χ4v) is 2.38. The summed E-state index contributed by atoms with van der Waals surface area (Å²) in [5.74, 6) is 0. The summed E-state index contributed by atoms with van der Waals surface area (Å²) in [6.45, 7) is 0. The maximum absolute atomic E-state index is 10.4. The zero-order chi connectivity index (χ0) is 11.2. The topological polar surface area (TPSA) is 17.1 Å². The average Bonchev–Trinajstić information content (AvgIpc) is 2.31. The summed E-state index contributed by atoms with van der Waals surface area (Å²) in [6, 6.07) is 18.3. The summed E-state index contributed by atoms with van der Waals surface area (Å²) < 4.78 is 0. The van der Waals surface area contributed by atoms with Crippen LogP contribution in [0.4, 0.5) is 0 Å². The zero-order valence-corrected chi connectivity index (χ0v) is 9.61. The Balaban J connectivity index is 2.15. The smallest absolute Gasteiger partial charge is 0.124 e. The van der Waals surface area contributed by atoms with Crippen LogP contribution in [0.1, 0.15) is 5.56 Å². The van der Waals surface area contributed by atoms with E-state index in [0.29, 0.717) is 6.42 Å². The van der Waals surface area contributed by atoms with E-state index >= 15 is 0 Å². The molecule has 0 spiro atoms. The zero-order valence-electron chi connectivity index (χ0n) is 8.80. The van der Waals surface area contributed by atoms with Crippen LogP contribution < -0.4 is 0 Å². The third-order valence-corrected chi connectivity index (χ3v) is 3.19. The first-order chi connectivity index (χ1) is 7.88. The molecule has 0 saturated carbocycles. The molecule has 2 heteroatoms. The predicted octanol–water partition coefficient (Wildman–Crippen LogP) is 3.58. The molecule has 16 heavy (non-hydrogen) atoms. The number of hydrogen-bond acceptors (Lipinski definition) is 2. The van der Waals surface area contributed by atoms with Crippen LogP contribution in [0.25, 0.3) is 0 Å². The van der Waals surface area contributed by atoms with E-state index in [4.69, 9.17) is 0 Å². The predicted molar refractivity (Wildman–Crippen MR) is 66.8 cm³/mol. The molecule has 0 fully saturated rings. The molecule has 0 amide bonds. The molecule has 0 saturated heterocycles. The van der Waals surface area contributed by atoms with Crippen molar-refractivity contribution < 1.29 is 4.79 Å². The Kier molecular flexibility index (Phi) is 3.78. The highest BCUT2D eigenvalue weighted by Gasteiger charge is 1.98. The van der Waals surface area contributed by atoms with Gasteiger partial charge in [-0.1, -0.05) is 42.1 Å². The SMILES string of the molecule is O=CCc1cccc(Sc2ccccc2)c1. The third kappa shape index (κ3) is 2.97. The summed E-state index contributed by atoms with van der Waals surface area (Å²) in [5.41, 5.74) is 1.07. The van der Waals surface area contributed by atoms with E-state index < -0.39 is 0 Å². The molecular formula is C14H12OS. The first-order valence-electron chi connectivity index (χ1n) is 5.14. The van der Waals surface area contributed by atoms with Crippen LogP contribution in [0, 0.1) is 0 Å². The molecule has 80 valence electrons. The number of carbonyl (C=O) groups excluding carboxylic acids is 1. The van der Waals surface area contributed by atoms with Crippen molar-refractivity contribution >= 4 is 18.0 Å². The molecule has 2 rings (SSSR count). The Hall–Kier alpha value is -1.54. The first-order valence-corrected chi connectivity index (χ1v) is 5.95. The first kappa shape index (κ1) is 11.0. The van der Waals surface area contributed by atoms with Gasteiger partial charge in [-0.2, -0.15) is 0 Å². The van der Waals surface area contributed by atoms with E-state index in [2.05, 4.69) is 24.3 Å². The van der Waals surface area contributed by atoms with E-state index in [1.165, 1.54) is 9.79 Å². The number of aldehydes is 1. The molecule has 0 aliphatic carbocycles. The number of rotatable bonds is 4. The van der Waals surface area contributed by atoms with Crippen molar-refractivity contribution in [3.63, 3.8) is 0 Å². The quantitative estimate of drug-likeness (QED) is 0.744. The molecule has 0 aliphatic rings. The van der Waals surface area contributed by atoms with Gasteiger partial charge in [0.25, 0.3) is 0 Å². The van der Waals surface area contributed by atoms with E-state index in [-0.39, 0.29) is 0 Å². The lowest BCUT2D eigenvalue weighted by molar-refractivity contribution is -0.107. The highest BCUT2D eigenvalue weighted by Crippen LogP contribution is 2.27. The summed E-state index contributed by atoms with van der Waals surface area (Å²) in [5, 5.41) is 0. The lowest BCUT2D eigenvalue weighted by Gasteiger charge is -2.02. The van der Waals surface area contributed by atoms with E-state index in [9.17, 15) is 4.79 Å². The van der Waals surface area contributed by atoms with E-state index in [1.54, 1.807) is 11.8 Å². The van der Waals surface area contributed by atoms with Crippen LogP contribution in [0.3, 0.4) is 0 Å². The molecule has 0 atom stereocenters. The van der Waals surface area contributed by atoms with Crippen LogP contribution >= 0.6 is 11.8 Å². The maximum atomic E-state index is 10.4. The monoisotopic (exact) mass is 228 g/mol. The van der Waals surface area contributed by atoms with Gasteiger partial charge in [0.2, 0.25) is 0 Å². The lowest BCUT2D eigenvalue weighted by Crippen LogP contribution is -1.85. The van der Waals surface area contributed by atoms with Crippen molar-refractivity contribution in [2.24, 2.45) is 0 Å². The van der Waals surface area contributed by atoms with Crippen molar-refractivity contribution in [1.82, 2.24) is 0 Å². The van der Waals surface area contributed by atoms with Gasteiger partial charge in [0.15, 0.2) is 0 Å². The fraction of sp³-hybridized carbons (Fsp3) is 0.0714. The highest BCUT2D eigenvalue weighted by atomic mass is 32.2. The van der Waals surface area contributed by atoms with Crippen LogP contribution in [0.5, 0.6) is 0 Å². The minimum atomic E-state index is 0.489. The van der Waals surface area contributed by atoms with Crippen molar-refractivity contribution in [1.29, 1.82) is 0 Å². The average molecular weight is 228 g/mol. The second-order valence-electron chi connectivity index (χ2n) is 3.43. The van der Waals surface area contributed by atoms with Crippen LogP contribution in [-0.2, 0) is 11.2 Å². The van der Waals surface area contributed by atoms with Gasteiger partial charge in [0, 0.05) is 16.2 Å². The van der Waals surface area contributed by atoms with Crippen molar-refractivity contribution in [2.75, 3.05) is 0 Å². The molecule has 0 heterocycles. The van der Waals surface area contributed by atoms with E-state index in [0.717, 1.165) is 11.8 Å². The van der Waals surface area contributed by atoms with Gasteiger partial charge in [-0.15, -0.1) is 0 Å². The molecule has 0 aliphatic heterocycles. The molecule has 1 nitrogen and oxygen atoms in total. The van der Waals surface area contributed by atoms with Gasteiger partial charge < -0.3 is 4.79 Å². The summed E-state index contributed by atoms with van der Waals surface area (Å²) in [6.07, 6.45) is 1.43. The van der Waals surface area contributed by atoms with E-state index in [1.807, 2.05) is 30.3 Å². The van der Waals surface area contributed by atoms with Gasteiger partial charge in [-0.3, -0.25) is 0 Å². The third-order valence-electron chi connectivity index (χ3n) is 2.20. The molecular weight excluding hydrogens is 216 g/mol. The van der Waals surface area contributed by atoms with Gasteiger partial charge >= 0.3 is 0 Å². The summed E-state index contributed by atoms with van der Waals surface area (Å²) >= 11 is 1.71. The molecule has 2 aromatic rings. The Bertz CT molecular complexity index is 465. The Morgan fingerprint density at radius 3 is 2.44 bits per heavy atom. The van der Waals surface area contributed by atoms with Gasteiger partial charge in [0.05, 0.1) is 0 Å². The normalized spacial score (nSPS) is 10.0. The minimum absolute atomic E-state index is 0.489. The van der Waals surface area contributed by atoms with Gasteiger partial charge in [-0.05, 0) is 29.8 Å². The standard InChI is InChI=1S/C14H12OS/c15-10-9-12-5-4-8-14(11-12)16-13-6-2-1-3-7-13/h1-8,10-11H,9H2. The number of carbonyl (C=O) groups is 1. The summed E-state index contributed by atoms with van der Waals surface area (Å²) in [4.78, 5) is 12.8. The maximum Gasteiger partial charge on any atom is 0.124 e. The van der Waals surface area contributed by atoms with Crippen LogP contribution in [0.2, 0.25) is 0 Å². The fourth-order valence-electron chi connectivity index (χ4n) is 1.46. The number of benzene rings is 2. The summed E-state index contributed by atoms with van der Waals surface area (Å²) in [7, 11) is 0. The van der Waals surface area contributed by atoms with Gasteiger partial charge in [0.1, 0.15) is 6.29 Å². The van der Waals surface area contributed by atoms with Crippen molar-refractivity contribution in [2.45, 2.75) is 16.2 Å². The highest BCUT2D eigenvalue weighted by molar-refractivity contribution is 7.99. The Morgan fingerprint density at radius 1 is 0.938 bits per heavy atom. The Morgan fingerprint density at radius 2 is 1.69 bits per heavy atom. The minimum Gasteiger partial charge on any atom is -0.303 e. The van der Waals surface area contributed by atoms with Crippen molar-refractivity contribution in [3.05, 3.63) is 60.2 Å². The molecule has 0 unspecified atom stereocenters. The molecule has 0 bridgehead atoms. The number of hydrogen-bond donors (Lipinski definition) is 0. The lowest BCUT2D eigenvalue weighted by atomic mass is 10.2. The van der Waals surface area contributed by atoms with Gasteiger partial charge in [-0.25, -0.2) is 0 Å². The Labute approximate surface area is 99.5 Å². The molecule has 0 N–H and O–H groups in total. The molecule has 0 aromatic heterocycles. The second-order valence-corrected chi connectivity index (χ2v) is 4.58. The molecule has 2 aromatic carbocycles. The molecule has 0 radical (unpaired) electrons. The van der Waals surface area contributed by atoms with Crippen LogP contribution in [0.15, 0.2) is 64.4 Å². The largest absolute Gasteiger partial charge is 0.303 e.